The summed E-state index contributed by atoms with van der Waals surface area (Å²) in [5.74, 6) is -0.755. The molecule has 0 unspecified atom stereocenters. The molecule has 2 aromatic rings. The quantitative estimate of drug-likeness (QED) is 0.907. The van der Waals surface area contributed by atoms with Crippen molar-refractivity contribution in [3.63, 3.8) is 0 Å². The molecule has 1 aromatic heterocycles. The molecular formula is C17H23NO2. The molecule has 108 valence electrons. The summed E-state index contributed by atoms with van der Waals surface area (Å²) in [5.41, 5.74) is 2.77. The Kier molecular flexibility index (Phi) is 3.63. The summed E-state index contributed by atoms with van der Waals surface area (Å²) in [6.07, 6.45) is 0.543. The van der Waals surface area contributed by atoms with Gasteiger partial charge >= 0.3 is 5.97 Å². The van der Waals surface area contributed by atoms with Gasteiger partial charge in [-0.3, -0.25) is 4.79 Å². The van der Waals surface area contributed by atoms with Crippen LogP contribution in [0.3, 0.4) is 0 Å². The molecule has 0 saturated heterocycles. The molecule has 1 N–H and O–H groups in total. The van der Waals surface area contributed by atoms with E-state index in [0.717, 1.165) is 5.56 Å². The number of rotatable bonds is 4. The highest BCUT2D eigenvalue weighted by Gasteiger charge is 2.28. The van der Waals surface area contributed by atoms with Gasteiger partial charge in [-0.25, -0.2) is 0 Å². The van der Waals surface area contributed by atoms with Gasteiger partial charge in [0.1, 0.15) is 0 Å². The van der Waals surface area contributed by atoms with Crippen LogP contribution in [0.5, 0.6) is 0 Å². The van der Waals surface area contributed by atoms with E-state index in [0.29, 0.717) is 12.5 Å². The molecule has 0 atom stereocenters. The van der Waals surface area contributed by atoms with Crippen LogP contribution in [0, 0.1) is 12.3 Å². The van der Waals surface area contributed by atoms with E-state index in [1.54, 1.807) is 13.8 Å². The van der Waals surface area contributed by atoms with E-state index < -0.39 is 11.4 Å². The number of carboxylic acid groups (broad SMARTS) is 1. The molecule has 0 bridgehead atoms. The second-order valence-electron chi connectivity index (χ2n) is 6.47. The molecule has 0 saturated carbocycles. The number of hydrogen-bond acceptors (Lipinski definition) is 1. The Morgan fingerprint density at radius 3 is 2.55 bits per heavy atom. The minimum atomic E-state index is -0.755. The maximum atomic E-state index is 11.3. The third kappa shape index (κ3) is 2.45. The normalized spacial score (nSPS) is 12.3. The number of aromatic nitrogens is 1. The number of fused-ring (bicyclic) bond motifs is 1. The average molecular weight is 273 g/mol. The fourth-order valence-electron chi connectivity index (χ4n) is 2.84. The summed E-state index contributed by atoms with van der Waals surface area (Å²) in [5, 5.41) is 10.5. The Labute approximate surface area is 120 Å². The largest absolute Gasteiger partial charge is 0.481 e. The predicted molar refractivity (Wildman–Crippen MR) is 82.2 cm³/mol. The van der Waals surface area contributed by atoms with Gasteiger partial charge in [0, 0.05) is 22.6 Å². The number of hydrogen-bond donors (Lipinski definition) is 1. The first-order chi connectivity index (χ1) is 9.24. The second-order valence-corrected chi connectivity index (χ2v) is 6.47. The van der Waals surface area contributed by atoms with Gasteiger partial charge in [0.25, 0.3) is 0 Å². The summed E-state index contributed by atoms with van der Waals surface area (Å²) in [6.45, 7) is 9.99. The highest BCUT2D eigenvalue weighted by molar-refractivity contribution is 5.86. The molecule has 0 aliphatic carbocycles. The third-order valence-corrected chi connectivity index (χ3v) is 3.89. The standard InChI is InChI=1S/C17H23NO2/c1-11(2)18-12(3)9-14-13(7-6-8-15(14)18)10-17(4,5)16(19)20/h6-9,11H,10H2,1-5H3,(H,19,20). The summed E-state index contributed by atoms with van der Waals surface area (Å²) in [7, 11) is 0. The molecule has 20 heavy (non-hydrogen) atoms. The Morgan fingerprint density at radius 2 is 2.00 bits per heavy atom. The lowest BCUT2D eigenvalue weighted by Crippen LogP contribution is -2.26. The Bertz CT molecular complexity index is 650. The Hall–Kier alpha value is -1.77. The zero-order chi connectivity index (χ0) is 15.1. The van der Waals surface area contributed by atoms with Crippen molar-refractivity contribution in [2.75, 3.05) is 0 Å². The molecule has 3 nitrogen and oxygen atoms in total. The van der Waals surface area contributed by atoms with Gasteiger partial charge in [-0.15, -0.1) is 0 Å². The highest BCUT2D eigenvalue weighted by Crippen LogP contribution is 2.31. The van der Waals surface area contributed by atoms with Crippen molar-refractivity contribution in [1.82, 2.24) is 4.57 Å². The van der Waals surface area contributed by atoms with E-state index in [1.165, 1.54) is 16.6 Å². The number of benzene rings is 1. The van der Waals surface area contributed by atoms with E-state index in [-0.39, 0.29) is 0 Å². The molecule has 0 aliphatic rings. The van der Waals surface area contributed by atoms with Gasteiger partial charge in [0.2, 0.25) is 0 Å². The van der Waals surface area contributed by atoms with Crippen molar-refractivity contribution in [2.45, 2.75) is 47.1 Å². The van der Waals surface area contributed by atoms with E-state index >= 15 is 0 Å². The molecule has 0 spiro atoms. The first kappa shape index (κ1) is 14.6. The molecule has 0 amide bonds. The molecule has 3 heteroatoms. The first-order valence-electron chi connectivity index (χ1n) is 7.07. The van der Waals surface area contributed by atoms with Crippen LogP contribution < -0.4 is 0 Å². The molecule has 0 aliphatic heterocycles. The van der Waals surface area contributed by atoms with Gasteiger partial charge < -0.3 is 9.67 Å². The van der Waals surface area contributed by atoms with Gasteiger partial charge in [-0.1, -0.05) is 12.1 Å². The first-order valence-corrected chi connectivity index (χ1v) is 7.07. The summed E-state index contributed by atoms with van der Waals surface area (Å²) < 4.78 is 2.30. The van der Waals surface area contributed by atoms with E-state index in [2.05, 4.69) is 37.5 Å². The van der Waals surface area contributed by atoms with E-state index in [4.69, 9.17) is 0 Å². The van der Waals surface area contributed by atoms with Crippen LogP contribution in [0.15, 0.2) is 24.3 Å². The number of aliphatic carboxylic acids is 1. The Balaban J connectivity index is 2.57. The SMILES string of the molecule is Cc1cc2c(CC(C)(C)C(=O)O)cccc2n1C(C)C. The predicted octanol–water partition coefficient (Wildman–Crippen LogP) is 4.18. The molecule has 0 radical (unpaired) electrons. The van der Waals surface area contributed by atoms with Crippen LogP contribution in [0.1, 0.15) is 45.0 Å². The van der Waals surface area contributed by atoms with Crippen LogP contribution in [0.4, 0.5) is 0 Å². The lowest BCUT2D eigenvalue weighted by molar-refractivity contribution is -0.146. The molecule has 2 rings (SSSR count). The fourth-order valence-corrected chi connectivity index (χ4v) is 2.84. The zero-order valence-electron chi connectivity index (χ0n) is 12.9. The van der Waals surface area contributed by atoms with Crippen molar-refractivity contribution >= 4 is 16.9 Å². The van der Waals surface area contributed by atoms with Crippen LogP contribution >= 0.6 is 0 Å². The van der Waals surface area contributed by atoms with Gasteiger partial charge in [0.15, 0.2) is 0 Å². The van der Waals surface area contributed by atoms with Crippen LogP contribution in [0.2, 0.25) is 0 Å². The minimum Gasteiger partial charge on any atom is -0.481 e. The van der Waals surface area contributed by atoms with Crippen LogP contribution in [-0.4, -0.2) is 15.6 Å². The zero-order valence-corrected chi connectivity index (χ0v) is 12.9. The van der Waals surface area contributed by atoms with E-state index in [1.807, 2.05) is 12.1 Å². The van der Waals surface area contributed by atoms with Gasteiger partial charge in [0.05, 0.1) is 5.41 Å². The maximum absolute atomic E-state index is 11.3. The lowest BCUT2D eigenvalue weighted by atomic mass is 9.85. The maximum Gasteiger partial charge on any atom is 0.309 e. The average Bonchev–Trinajstić information content (AvgIpc) is 2.65. The van der Waals surface area contributed by atoms with Crippen molar-refractivity contribution in [2.24, 2.45) is 5.41 Å². The second kappa shape index (κ2) is 4.97. The Morgan fingerprint density at radius 1 is 1.35 bits per heavy atom. The number of carbonyl (C=O) groups is 1. The van der Waals surface area contributed by atoms with Crippen LogP contribution in [-0.2, 0) is 11.2 Å². The summed E-state index contributed by atoms with van der Waals surface area (Å²) in [4.78, 5) is 11.3. The summed E-state index contributed by atoms with van der Waals surface area (Å²) >= 11 is 0. The number of aryl methyl sites for hydroxylation is 1. The molecular weight excluding hydrogens is 250 g/mol. The lowest BCUT2D eigenvalue weighted by Gasteiger charge is -2.20. The topological polar surface area (TPSA) is 42.2 Å². The smallest absolute Gasteiger partial charge is 0.309 e. The van der Waals surface area contributed by atoms with E-state index in [9.17, 15) is 9.90 Å². The molecule has 1 aromatic carbocycles. The highest BCUT2D eigenvalue weighted by atomic mass is 16.4. The van der Waals surface area contributed by atoms with Gasteiger partial charge in [-0.2, -0.15) is 0 Å². The monoisotopic (exact) mass is 273 g/mol. The van der Waals surface area contributed by atoms with Crippen molar-refractivity contribution in [3.05, 3.63) is 35.5 Å². The van der Waals surface area contributed by atoms with Gasteiger partial charge in [-0.05, 0) is 58.7 Å². The number of nitrogens with zero attached hydrogens (tertiary/aromatic N) is 1. The summed E-state index contributed by atoms with van der Waals surface area (Å²) in [6, 6.07) is 8.74. The molecule has 1 heterocycles. The minimum absolute atomic E-state index is 0.398. The molecule has 0 fully saturated rings. The fraction of sp³-hybridized carbons (Fsp3) is 0.471. The van der Waals surface area contributed by atoms with Crippen molar-refractivity contribution < 1.29 is 9.90 Å². The van der Waals surface area contributed by atoms with Crippen LogP contribution in [0.25, 0.3) is 10.9 Å². The van der Waals surface area contributed by atoms with Crippen molar-refractivity contribution in [3.8, 4) is 0 Å². The third-order valence-electron chi connectivity index (χ3n) is 3.89. The van der Waals surface area contributed by atoms with Crippen molar-refractivity contribution in [1.29, 1.82) is 0 Å². The number of carboxylic acids is 1.